The Morgan fingerprint density at radius 2 is 2.08 bits per heavy atom. The lowest BCUT2D eigenvalue weighted by Gasteiger charge is -2.28. The monoisotopic (exact) mass is 404 g/mol. The summed E-state index contributed by atoms with van der Waals surface area (Å²) in [6, 6.07) is 2.01. The van der Waals surface area contributed by atoms with Gasteiger partial charge in [0.1, 0.15) is 9.84 Å². The molecule has 0 unspecified atom stereocenters. The topological polar surface area (TPSA) is 75.6 Å². The maximum Gasteiger partial charge on any atom is 0.224 e. The fourth-order valence-corrected chi connectivity index (χ4v) is 4.68. The van der Waals surface area contributed by atoms with Gasteiger partial charge >= 0.3 is 0 Å². The Balaban J connectivity index is 1.81. The number of fused-ring (bicyclic) bond motifs is 1. The van der Waals surface area contributed by atoms with Crippen molar-refractivity contribution < 1.29 is 13.2 Å². The minimum Gasteiger partial charge on any atom is -0.378 e. The van der Waals surface area contributed by atoms with Gasteiger partial charge in [-0.1, -0.05) is 0 Å². The zero-order valence-corrected chi connectivity index (χ0v) is 16.6. The van der Waals surface area contributed by atoms with E-state index in [0.29, 0.717) is 26.3 Å². The average Bonchev–Trinajstić information content (AvgIpc) is 2.94. The van der Waals surface area contributed by atoms with Crippen molar-refractivity contribution in [2.75, 3.05) is 56.8 Å². The maximum atomic E-state index is 11.3. The molecule has 0 aliphatic carbocycles. The number of sulfone groups is 1. The molecule has 0 spiro atoms. The van der Waals surface area contributed by atoms with E-state index in [1.54, 1.807) is 11.3 Å². The third-order valence-corrected chi connectivity index (χ3v) is 6.16. The minimum absolute atomic E-state index is 0.152. The van der Waals surface area contributed by atoms with E-state index in [-0.39, 0.29) is 11.0 Å². The van der Waals surface area contributed by atoms with Crippen LogP contribution in [-0.2, 0) is 21.1 Å². The standard InChI is InChI=1S/C15H21ClN4O3S2/c1-19(5-8-25(2,21)22)10-11-9-12-13(24-11)14(18-15(16)17-12)20-3-6-23-7-4-20/h9H,3-8,10H2,1-2H3. The van der Waals surface area contributed by atoms with Gasteiger partial charge in [0.15, 0.2) is 5.82 Å². The normalized spacial score (nSPS) is 16.1. The van der Waals surface area contributed by atoms with Gasteiger partial charge in [-0.3, -0.25) is 0 Å². The molecule has 138 valence electrons. The molecule has 7 nitrogen and oxygen atoms in total. The molecule has 2 aromatic rings. The number of hydrogen-bond donors (Lipinski definition) is 0. The van der Waals surface area contributed by atoms with Crippen molar-refractivity contribution in [1.82, 2.24) is 14.9 Å². The summed E-state index contributed by atoms with van der Waals surface area (Å²) in [5.41, 5.74) is 0.831. The van der Waals surface area contributed by atoms with Gasteiger partial charge in [-0.25, -0.2) is 13.4 Å². The molecule has 3 heterocycles. The molecule has 0 bridgehead atoms. The summed E-state index contributed by atoms with van der Waals surface area (Å²) < 4.78 is 29.0. The van der Waals surface area contributed by atoms with E-state index in [1.807, 2.05) is 18.0 Å². The second kappa shape index (κ2) is 7.71. The summed E-state index contributed by atoms with van der Waals surface area (Å²) in [6.45, 7) is 4.07. The number of nitrogens with zero attached hydrogens (tertiary/aromatic N) is 4. The first-order valence-electron chi connectivity index (χ1n) is 7.97. The van der Waals surface area contributed by atoms with Gasteiger partial charge in [0, 0.05) is 37.3 Å². The van der Waals surface area contributed by atoms with E-state index in [4.69, 9.17) is 16.3 Å². The van der Waals surface area contributed by atoms with Crippen LogP contribution in [0.15, 0.2) is 6.07 Å². The van der Waals surface area contributed by atoms with Gasteiger partial charge in [-0.05, 0) is 24.7 Å². The van der Waals surface area contributed by atoms with Crippen molar-refractivity contribution in [2.24, 2.45) is 0 Å². The van der Waals surface area contributed by atoms with Crippen LogP contribution in [0.2, 0.25) is 5.28 Å². The molecule has 0 atom stereocenters. The fourth-order valence-electron chi connectivity index (χ4n) is 2.67. The summed E-state index contributed by atoms with van der Waals surface area (Å²) in [7, 11) is -1.05. The summed E-state index contributed by atoms with van der Waals surface area (Å²) in [6.07, 6.45) is 1.26. The van der Waals surface area contributed by atoms with Crippen molar-refractivity contribution >= 4 is 48.8 Å². The lowest BCUT2D eigenvalue weighted by molar-refractivity contribution is 0.122. The van der Waals surface area contributed by atoms with Gasteiger partial charge in [0.05, 0.1) is 29.2 Å². The van der Waals surface area contributed by atoms with Crippen molar-refractivity contribution in [1.29, 1.82) is 0 Å². The maximum absolute atomic E-state index is 11.3. The van der Waals surface area contributed by atoms with E-state index in [9.17, 15) is 8.42 Å². The van der Waals surface area contributed by atoms with Crippen molar-refractivity contribution in [3.05, 3.63) is 16.2 Å². The Bertz CT molecular complexity index is 850. The molecule has 0 saturated carbocycles. The van der Waals surface area contributed by atoms with E-state index in [1.165, 1.54) is 6.26 Å². The summed E-state index contributed by atoms with van der Waals surface area (Å²) >= 11 is 7.74. The number of anilines is 1. The van der Waals surface area contributed by atoms with Gasteiger partial charge in [-0.2, -0.15) is 4.98 Å². The van der Waals surface area contributed by atoms with E-state index < -0.39 is 9.84 Å². The van der Waals surface area contributed by atoms with Crippen LogP contribution < -0.4 is 4.90 Å². The summed E-state index contributed by atoms with van der Waals surface area (Å²) in [5, 5.41) is 0.240. The third-order valence-electron chi connectivity index (χ3n) is 3.96. The Morgan fingerprint density at radius 3 is 2.76 bits per heavy atom. The van der Waals surface area contributed by atoms with Crippen molar-refractivity contribution in [3.8, 4) is 0 Å². The highest BCUT2D eigenvalue weighted by Gasteiger charge is 2.19. The van der Waals surface area contributed by atoms with Gasteiger partial charge in [0.25, 0.3) is 0 Å². The number of aromatic nitrogens is 2. The molecule has 0 radical (unpaired) electrons. The zero-order chi connectivity index (χ0) is 18.0. The van der Waals surface area contributed by atoms with Gasteiger partial charge < -0.3 is 14.5 Å². The molecule has 2 aromatic heterocycles. The molecule has 0 N–H and O–H groups in total. The smallest absolute Gasteiger partial charge is 0.224 e. The first-order chi connectivity index (χ1) is 11.8. The number of halogens is 1. The summed E-state index contributed by atoms with van der Waals surface area (Å²) in [5.74, 6) is 1.01. The van der Waals surface area contributed by atoms with E-state index >= 15 is 0 Å². The Hall–Kier alpha value is -1.00. The number of hydrogen-bond acceptors (Lipinski definition) is 8. The molecule has 0 amide bonds. The second-order valence-corrected chi connectivity index (χ2v) is 9.94. The lowest BCUT2D eigenvalue weighted by Crippen LogP contribution is -2.36. The molecule has 1 fully saturated rings. The van der Waals surface area contributed by atoms with Gasteiger partial charge in [0.2, 0.25) is 5.28 Å². The van der Waals surface area contributed by atoms with Crippen LogP contribution in [0.5, 0.6) is 0 Å². The predicted molar refractivity (Wildman–Crippen MR) is 102 cm³/mol. The fraction of sp³-hybridized carbons (Fsp3) is 0.600. The van der Waals surface area contributed by atoms with Crippen molar-refractivity contribution in [3.63, 3.8) is 0 Å². The van der Waals surface area contributed by atoms with Crippen LogP contribution >= 0.6 is 22.9 Å². The van der Waals surface area contributed by atoms with Crippen LogP contribution in [0.4, 0.5) is 5.82 Å². The van der Waals surface area contributed by atoms with Crippen LogP contribution in [0, 0.1) is 0 Å². The predicted octanol–water partition coefficient (Wildman–Crippen LogP) is 1.66. The Labute approximate surface area is 156 Å². The quantitative estimate of drug-likeness (QED) is 0.677. The molecule has 10 heteroatoms. The number of rotatable bonds is 6. The Kier molecular flexibility index (Phi) is 5.79. The molecule has 1 aliphatic heterocycles. The highest BCUT2D eigenvalue weighted by atomic mass is 35.5. The molecular weight excluding hydrogens is 384 g/mol. The molecular formula is C15H21ClN4O3S2. The Morgan fingerprint density at radius 1 is 1.36 bits per heavy atom. The third kappa shape index (κ3) is 5.01. The first-order valence-corrected chi connectivity index (χ1v) is 11.2. The average molecular weight is 405 g/mol. The SMILES string of the molecule is CN(CCS(C)(=O)=O)Cc1cc2nc(Cl)nc(N3CCOCC3)c2s1. The zero-order valence-electron chi connectivity index (χ0n) is 14.2. The van der Waals surface area contributed by atoms with Crippen LogP contribution in [-0.4, -0.2) is 75.2 Å². The lowest BCUT2D eigenvalue weighted by atomic mass is 10.3. The van der Waals surface area contributed by atoms with Crippen molar-refractivity contribution in [2.45, 2.75) is 6.54 Å². The minimum atomic E-state index is -2.96. The second-order valence-electron chi connectivity index (χ2n) is 6.21. The first kappa shape index (κ1) is 18.8. The number of thiophene rings is 1. The largest absolute Gasteiger partial charge is 0.378 e. The van der Waals surface area contributed by atoms with E-state index in [0.717, 1.165) is 34.0 Å². The molecule has 25 heavy (non-hydrogen) atoms. The van der Waals surface area contributed by atoms with Crippen LogP contribution in [0.3, 0.4) is 0 Å². The molecule has 0 aromatic carbocycles. The number of ether oxygens (including phenoxy) is 1. The molecule has 1 aliphatic rings. The number of morpholine rings is 1. The van der Waals surface area contributed by atoms with Gasteiger partial charge in [-0.15, -0.1) is 11.3 Å². The highest BCUT2D eigenvalue weighted by Crippen LogP contribution is 2.33. The van der Waals surface area contributed by atoms with Crippen LogP contribution in [0.1, 0.15) is 4.88 Å². The highest BCUT2D eigenvalue weighted by molar-refractivity contribution is 7.90. The summed E-state index contributed by atoms with van der Waals surface area (Å²) in [4.78, 5) is 14.0. The molecule has 3 rings (SSSR count). The van der Waals surface area contributed by atoms with Crippen LogP contribution in [0.25, 0.3) is 10.2 Å². The molecule has 1 saturated heterocycles. The van der Waals surface area contributed by atoms with E-state index in [2.05, 4.69) is 14.9 Å².